The van der Waals surface area contributed by atoms with Crippen molar-refractivity contribution in [1.82, 2.24) is 4.98 Å². The maximum absolute atomic E-state index is 3.78. The zero-order chi connectivity index (χ0) is 15.6. The quantitative estimate of drug-likeness (QED) is 0.694. The van der Waals surface area contributed by atoms with Crippen molar-refractivity contribution in [3.05, 3.63) is 96.3 Å². The first-order valence-corrected chi connectivity index (χ1v) is 7.43. The highest BCUT2D eigenvalue weighted by Crippen LogP contribution is 2.19. The van der Waals surface area contributed by atoms with Gasteiger partial charge in [0.15, 0.2) is 0 Å². The molecule has 0 bridgehead atoms. The monoisotopic (exact) mass is 290 g/mol. The van der Waals surface area contributed by atoms with E-state index in [-0.39, 0.29) is 0 Å². The molecule has 2 heteroatoms. The van der Waals surface area contributed by atoms with Crippen LogP contribution in [0.3, 0.4) is 0 Å². The molecule has 1 aromatic heterocycles. The van der Waals surface area contributed by atoms with E-state index in [1.54, 1.807) is 12.4 Å². The largest absolute Gasteiger partial charge is 0.370 e. The molecule has 0 saturated heterocycles. The number of aryl methyl sites for hydroxylation is 1. The molecule has 0 fully saturated rings. The van der Waals surface area contributed by atoms with Gasteiger partial charge < -0.3 is 4.90 Å². The fourth-order valence-electron chi connectivity index (χ4n) is 2.25. The van der Waals surface area contributed by atoms with Gasteiger partial charge in [-0.1, -0.05) is 54.6 Å². The third-order valence-electron chi connectivity index (χ3n) is 3.36. The van der Waals surface area contributed by atoms with Crippen LogP contribution in [0.5, 0.6) is 0 Å². The highest BCUT2D eigenvalue weighted by atomic mass is 15.1. The van der Waals surface area contributed by atoms with Gasteiger partial charge in [-0.05, 0) is 36.2 Å². The molecule has 112 valence electrons. The summed E-state index contributed by atoms with van der Waals surface area (Å²) in [5.41, 5.74) is 3.96. The Morgan fingerprint density at radius 2 is 1.36 bits per heavy atom. The Labute approximate surface area is 133 Å². The number of pyridine rings is 1. The van der Waals surface area contributed by atoms with Gasteiger partial charge in [-0.15, -0.1) is 0 Å². The van der Waals surface area contributed by atoms with Gasteiger partial charge in [-0.25, -0.2) is 0 Å². The summed E-state index contributed by atoms with van der Waals surface area (Å²) in [5, 5.41) is 0. The van der Waals surface area contributed by atoms with Gasteiger partial charge in [0.05, 0.1) is 0 Å². The predicted molar refractivity (Wildman–Crippen MR) is 94.0 cm³/mol. The summed E-state index contributed by atoms with van der Waals surface area (Å²) in [6.45, 7) is 3.10. The van der Waals surface area contributed by atoms with E-state index in [0.717, 1.165) is 6.54 Å². The molecule has 0 aliphatic carbocycles. The van der Waals surface area contributed by atoms with Crippen molar-refractivity contribution < 1.29 is 0 Å². The Balaban J connectivity index is 0.000000246. The van der Waals surface area contributed by atoms with Crippen LogP contribution in [0.4, 0.5) is 5.69 Å². The van der Waals surface area contributed by atoms with Crippen molar-refractivity contribution in [2.75, 3.05) is 11.9 Å². The summed E-state index contributed by atoms with van der Waals surface area (Å²) in [4.78, 5) is 6.07. The van der Waals surface area contributed by atoms with Crippen LogP contribution in [0.15, 0.2) is 85.2 Å². The number of benzene rings is 2. The molecule has 0 aliphatic rings. The van der Waals surface area contributed by atoms with E-state index in [1.165, 1.54) is 16.8 Å². The molecule has 22 heavy (non-hydrogen) atoms. The van der Waals surface area contributed by atoms with E-state index in [4.69, 9.17) is 0 Å². The SMILES string of the molecule is Cc1ccccc1N(C)Cc1ccccc1.c1ccncc1. The van der Waals surface area contributed by atoms with Crippen molar-refractivity contribution in [3.8, 4) is 0 Å². The molecule has 0 aliphatic heterocycles. The van der Waals surface area contributed by atoms with E-state index in [2.05, 4.69) is 78.5 Å². The molecule has 0 N–H and O–H groups in total. The average Bonchev–Trinajstić information content (AvgIpc) is 2.58. The number of anilines is 1. The van der Waals surface area contributed by atoms with Crippen LogP contribution in [-0.2, 0) is 6.54 Å². The van der Waals surface area contributed by atoms with Gasteiger partial charge in [0, 0.05) is 31.7 Å². The zero-order valence-corrected chi connectivity index (χ0v) is 13.2. The number of aromatic nitrogens is 1. The first-order valence-electron chi connectivity index (χ1n) is 7.43. The van der Waals surface area contributed by atoms with Crippen molar-refractivity contribution >= 4 is 5.69 Å². The average molecular weight is 290 g/mol. The molecule has 0 unspecified atom stereocenters. The smallest absolute Gasteiger partial charge is 0.0426 e. The van der Waals surface area contributed by atoms with Crippen LogP contribution < -0.4 is 4.90 Å². The van der Waals surface area contributed by atoms with Crippen molar-refractivity contribution in [3.63, 3.8) is 0 Å². The minimum absolute atomic E-state index is 0.950. The topological polar surface area (TPSA) is 16.1 Å². The van der Waals surface area contributed by atoms with Crippen LogP contribution in [-0.4, -0.2) is 12.0 Å². The fraction of sp³-hybridized carbons (Fsp3) is 0.150. The Morgan fingerprint density at radius 1 is 0.773 bits per heavy atom. The molecular weight excluding hydrogens is 268 g/mol. The first kappa shape index (κ1) is 15.8. The summed E-state index contributed by atoms with van der Waals surface area (Å²) >= 11 is 0. The lowest BCUT2D eigenvalue weighted by Crippen LogP contribution is -2.17. The minimum atomic E-state index is 0.950. The summed E-state index contributed by atoms with van der Waals surface area (Å²) in [6, 6.07) is 24.7. The number of para-hydroxylation sites is 1. The third kappa shape index (κ3) is 5.06. The van der Waals surface area contributed by atoms with E-state index in [0.29, 0.717) is 0 Å². The standard InChI is InChI=1S/C15H17N.C5H5N/c1-13-8-6-7-11-15(13)16(2)12-14-9-4-3-5-10-14;1-2-4-6-5-3-1/h3-11H,12H2,1-2H3;1-5H. The van der Waals surface area contributed by atoms with Gasteiger partial charge in [-0.2, -0.15) is 0 Å². The van der Waals surface area contributed by atoms with Crippen LogP contribution in [0.2, 0.25) is 0 Å². The Morgan fingerprint density at radius 3 is 1.91 bits per heavy atom. The molecule has 2 nitrogen and oxygen atoms in total. The minimum Gasteiger partial charge on any atom is -0.370 e. The Hall–Kier alpha value is -2.61. The predicted octanol–water partition coefficient (Wildman–Crippen LogP) is 4.71. The van der Waals surface area contributed by atoms with E-state index >= 15 is 0 Å². The molecule has 0 spiro atoms. The second-order valence-electron chi connectivity index (χ2n) is 5.15. The van der Waals surface area contributed by atoms with Gasteiger partial charge in [0.25, 0.3) is 0 Å². The molecular formula is C20H22N2. The zero-order valence-electron chi connectivity index (χ0n) is 13.2. The number of rotatable bonds is 3. The van der Waals surface area contributed by atoms with Gasteiger partial charge >= 0.3 is 0 Å². The van der Waals surface area contributed by atoms with Crippen LogP contribution in [0.25, 0.3) is 0 Å². The third-order valence-corrected chi connectivity index (χ3v) is 3.36. The summed E-state index contributed by atoms with van der Waals surface area (Å²) in [5.74, 6) is 0. The second-order valence-corrected chi connectivity index (χ2v) is 5.15. The molecule has 0 saturated carbocycles. The normalized spacial score (nSPS) is 9.55. The summed E-state index contributed by atoms with van der Waals surface area (Å²) in [7, 11) is 2.13. The van der Waals surface area contributed by atoms with Gasteiger partial charge in [-0.3, -0.25) is 4.98 Å². The van der Waals surface area contributed by atoms with Gasteiger partial charge in [0.1, 0.15) is 0 Å². The van der Waals surface area contributed by atoms with Crippen molar-refractivity contribution in [1.29, 1.82) is 0 Å². The second kappa shape index (κ2) is 8.63. The lowest BCUT2D eigenvalue weighted by molar-refractivity contribution is 0.917. The van der Waals surface area contributed by atoms with Crippen LogP contribution in [0, 0.1) is 6.92 Å². The molecule has 2 aromatic carbocycles. The molecule has 0 atom stereocenters. The van der Waals surface area contributed by atoms with Crippen molar-refractivity contribution in [2.45, 2.75) is 13.5 Å². The van der Waals surface area contributed by atoms with E-state index in [9.17, 15) is 0 Å². The van der Waals surface area contributed by atoms with Crippen LogP contribution >= 0.6 is 0 Å². The first-order chi connectivity index (χ1) is 10.8. The van der Waals surface area contributed by atoms with Crippen molar-refractivity contribution in [2.24, 2.45) is 0 Å². The highest BCUT2D eigenvalue weighted by Gasteiger charge is 2.03. The fourth-order valence-corrected chi connectivity index (χ4v) is 2.25. The maximum Gasteiger partial charge on any atom is 0.0426 e. The Bertz CT molecular complexity index is 624. The van der Waals surface area contributed by atoms with E-state index in [1.807, 2.05) is 18.2 Å². The highest BCUT2D eigenvalue weighted by molar-refractivity contribution is 5.52. The molecule has 0 amide bonds. The molecule has 0 radical (unpaired) electrons. The summed E-state index contributed by atoms with van der Waals surface area (Å²) < 4.78 is 0. The number of nitrogens with zero attached hydrogens (tertiary/aromatic N) is 2. The molecule has 3 rings (SSSR count). The lowest BCUT2D eigenvalue weighted by Gasteiger charge is -2.21. The van der Waals surface area contributed by atoms with E-state index < -0.39 is 0 Å². The number of hydrogen-bond donors (Lipinski definition) is 0. The number of hydrogen-bond acceptors (Lipinski definition) is 2. The van der Waals surface area contributed by atoms with Gasteiger partial charge in [0.2, 0.25) is 0 Å². The maximum atomic E-state index is 3.78. The molecule has 3 aromatic rings. The molecule has 1 heterocycles. The Kier molecular flexibility index (Phi) is 6.18. The lowest BCUT2D eigenvalue weighted by atomic mass is 10.1. The summed E-state index contributed by atoms with van der Waals surface area (Å²) in [6.07, 6.45) is 3.50. The van der Waals surface area contributed by atoms with Crippen LogP contribution in [0.1, 0.15) is 11.1 Å².